The predicted octanol–water partition coefficient (Wildman–Crippen LogP) is 4.50. The quantitative estimate of drug-likeness (QED) is 0.265. The van der Waals surface area contributed by atoms with Crippen LogP contribution in [0.25, 0.3) is 33.8 Å². The molecule has 1 aliphatic rings. The SMILES string of the molecule is CC1CCC(Cn2c(NC(C)CNC(=O)C(F)F)nc3cc(-c4noc(=O)[nH]4)nc(-c4cncc(Cl)c4)c32)CC1. The number of carbonyl (C=O) groups is 1. The van der Waals surface area contributed by atoms with Crippen LogP contribution < -0.4 is 16.4 Å². The molecule has 4 heterocycles. The summed E-state index contributed by atoms with van der Waals surface area (Å²) in [6.07, 6.45) is 4.43. The molecular weight excluding hydrogens is 546 g/mol. The number of hydrogen-bond donors (Lipinski definition) is 3. The van der Waals surface area contributed by atoms with E-state index in [9.17, 15) is 18.4 Å². The fraction of sp³-hybridized carbons (Fsp3) is 0.462. The lowest BCUT2D eigenvalue weighted by Crippen LogP contribution is -2.38. The number of aromatic nitrogens is 6. The molecule has 1 fully saturated rings. The minimum atomic E-state index is -3.09. The molecule has 0 saturated heterocycles. The third kappa shape index (κ3) is 6.14. The van der Waals surface area contributed by atoms with Crippen LogP contribution in [0.2, 0.25) is 5.02 Å². The van der Waals surface area contributed by atoms with Gasteiger partial charge < -0.3 is 15.2 Å². The van der Waals surface area contributed by atoms with Crippen molar-refractivity contribution in [1.29, 1.82) is 0 Å². The number of halogens is 3. The summed E-state index contributed by atoms with van der Waals surface area (Å²) in [5.74, 6) is -0.354. The van der Waals surface area contributed by atoms with Gasteiger partial charge in [-0.15, -0.1) is 0 Å². The molecule has 4 aromatic heterocycles. The van der Waals surface area contributed by atoms with Gasteiger partial charge in [-0.05, 0) is 43.7 Å². The van der Waals surface area contributed by atoms with Crippen molar-refractivity contribution in [1.82, 2.24) is 35.0 Å². The Bertz CT molecular complexity index is 1560. The van der Waals surface area contributed by atoms with E-state index in [2.05, 4.69) is 37.2 Å². The summed E-state index contributed by atoms with van der Waals surface area (Å²) in [6, 6.07) is 3.01. The van der Waals surface area contributed by atoms with Crippen LogP contribution in [0.3, 0.4) is 0 Å². The highest BCUT2D eigenvalue weighted by Gasteiger charge is 2.25. The first-order chi connectivity index (χ1) is 19.2. The lowest BCUT2D eigenvalue weighted by Gasteiger charge is -2.27. The Labute approximate surface area is 232 Å². The number of pyridine rings is 2. The Hall–Kier alpha value is -3.87. The monoisotopic (exact) mass is 574 g/mol. The van der Waals surface area contributed by atoms with E-state index in [1.165, 1.54) is 6.20 Å². The van der Waals surface area contributed by atoms with Crippen molar-refractivity contribution in [3.63, 3.8) is 0 Å². The number of nitrogens with one attached hydrogen (secondary N) is 3. The number of fused-ring (bicyclic) bond motifs is 1. The van der Waals surface area contributed by atoms with Gasteiger partial charge in [0, 0.05) is 37.1 Å². The molecule has 40 heavy (non-hydrogen) atoms. The van der Waals surface area contributed by atoms with Crippen LogP contribution in [0.15, 0.2) is 33.8 Å². The Morgan fingerprint density at radius 3 is 2.67 bits per heavy atom. The number of anilines is 1. The maximum Gasteiger partial charge on any atom is 0.439 e. The summed E-state index contributed by atoms with van der Waals surface area (Å²) >= 11 is 6.28. The van der Waals surface area contributed by atoms with Gasteiger partial charge >= 0.3 is 12.2 Å². The molecule has 1 saturated carbocycles. The largest absolute Gasteiger partial charge is 0.439 e. The highest BCUT2D eigenvalue weighted by molar-refractivity contribution is 6.30. The van der Waals surface area contributed by atoms with Crippen LogP contribution in [-0.2, 0) is 11.3 Å². The van der Waals surface area contributed by atoms with Crippen LogP contribution in [0, 0.1) is 11.8 Å². The maximum atomic E-state index is 12.7. The minimum absolute atomic E-state index is 0.0257. The van der Waals surface area contributed by atoms with Crippen LogP contribution in [-0.4, -0.2) is 54.6 Å². The fourth-order valence-electron chi connectivity index (χ4n) is 5.02. The number of nitrogens with zero attached hydrogens (tertiary/aromatic N) is 5. The second-order valence-corrected chi connectivity index (χ2v) is 10.8. The van der Waals surface area contributed by atoms with Crippen molar-refractivity contribution in [3.8, 4) is 22.8 Å². The van der Waals surface area contributed by atoms with E-state index in [0.717, 1.165) is 25.7 Å². The molecule has 0 radical (unpaired) electrons. The smallest absolute Gasteiger partial charge is 0.351 e. The van der Waals surface area contributed by atoms with Crippen molar-refractivity contribution in [2.24, 2.45) is 11.8 Å². The highest BCUT2D eigenvalue weighted by Crippen LogP contribution is 2.36. The van der Waals surface area contributed by atoms with Crippen LogP contribution in [0.4, 0.5) is 14.7 Å². The van der Waals surface area contributed by atoms with E-state index in [1.54, 1.807) is 25.3 Å². The van der Waals surface area contributed by atoms with E-state index in [4.69, 9.17) is 21.6 Å². The molecule has 1 amide bonds. The number of amides is 1. The minimum Gasteiger partial charge on any atom is -0.351 e. The van der Waals surface area contributed by atoms with E-state index in [-0.39, 0.29) is 12.4 Å². The van der Waals surface area contributed by atoms with Gasteiger partial charge in [-0.3, -0.25) is 19.3 Å². The second kappa shape index (κ2) is 11.7. The lowest BCUT2D eigenvalue weighted by molar-refractivity contribution is -0.131. The number of hydrogen-bond acceptors (Lipinski definition) is 8. The second-order valence-electron chi connectivity index (χ2n) is 10.3. The predicted molar refractivity (Wildman–Crippen MR) is 145 cm³/mol. The third-order valence-electron chi connectivity index (χ3n) is 7.12. The molecule has 0 aliphatic heterocycles. The molecule has 0 spiro atoms. The molecule has 4 aromatic rings. The van der Waals surface area contributed by atoms with Gasteiger partial charge in [0.05, 0.1) is 21.7 Å². The molecule has 0 bridgehead atoms. The number of H-pyrrole nitrogens is 1. The van der Waals surface area contributed by atoms with Crippen LogP contribution >= 0.6 is 11.6 Å². The zero-order chi connectivity index (χ0) is 28.4. The normalized spacial score (nSPS) is 18.2. The lowest BCUT2D eigenvalue weighted by atomic mass is 9.83. The van der Waals surface area contributed by atoms with Crippen molar-refractivity contribution in [2.75, 3.05) is 11.9 Å². The fourth-order valence-corrected chi connectivity index (χ4v) is 5.19. The van der Waals surface area contributed by atoms with Gasteiger partial charge in [0.1, 0.15) is 5.69 Å². The summed E-state index contributed by atoms with van der Waals surface area (Å²) in [6.45, 7) is 4.64. The molecule has 5 rings (SSSR count). The molecule has 1 atom stereocenters. The summed E-state index contributed by atoms with van der Waals surface area (Å²) in [5, 5.41) is 9.72. The topological polar surface area (TPSA) is 144 Å². The first kappa shape index (κ1) is 27.7. The average Bonchev–Trinajstić information content (AvgIpc) is 3.51. The van der Waals surface area contributed by atoms with Gasteiger partial charge in [0.25, 0.3) is 5.91 Å². The Kier molecular flexibility index (Phi) is 8.10. The maximum absolute atomic E-state index is 12.7. The first-order valence-electron chi connectivity index (χ1n) is 13.1. The zero-order valence-electron chi connectivity index (χ0n) is 22.0. The van der Waals surface area contributed by atoms with Gasteiger partial charge in [-0.2, -0.15) is 8.78 Å². The van der Waals surface area contributed by atoms with Crippen LogP contribution in [0.5, 0.6) is 0 Å². The highest BCUT2D eigenvalue weighted by atomic mass is 35.5. The Morgan fingerprint density at radius 1 is 1.23 bits per heavy atom. The summed E-state index contributed by atoms with van der Waals surface area (Å²) in [7, 11) is 0. The number of carbonyl (C=O) groups excluding carboxylic acids is 1. The van der Waals surface area contributed by atoms with Crippen molar-refractivity contribution in [2.45, 2.75) is 58.5 Å². The average molecular weight is 575 g/mol. The first-order valence-corrected chi connectivity index (χ1v) is 13.5. The Balaban J connectivity index is 1.62. The van der Waals surface area contributed by atoms with Crippen molar-refractivity contribution < 1.29 is 18.1 Å². The summed E-state index contributed by atoms with van der Waals surface area (Å²) in [5.41, 5.74) is 2.75. The molecule has 1 unspecified atom stereocenters. The van der Waals surface area contributed by atoms with Gasteiger partial charge in [0.2, 0.25) is 11.8 Å². The Morgan fingerprint density at radius 2 is 2.00 bits per heavy atom. The molecule has 212 valence electrons. The van der Waals surface area contributed by atoms with Crippen molar-refractivity contribution in [3.05, 3.63) is 40.1 Å². The number of imidazole rings is 1. The standard InChI is InChI=1S/C26H29ClF2N8O3/c1-13-3-5-15(6-4-13)12-37-21-18(34-25(37)32-14(2)9-31-24(38)22(28)29)8-19(23-35-26(39)40-36-23)33-20(21)16-7-17(27)11-30-10-16/h7-8,10-11,13-15,22H,3-6,9,12H2,1-2H3,(H,31,38)(H,32,34)(H,35,36,39). The molecular formula is C26H29ClF2N8O3. The van der Waals surface area contributed by atoms with E-state index in [0.29, 0.717) is 57.3 Å². The number of alkyl halides is 2. The molecule has 11 nitrogen and oxygen atoms in total. The molecule has 0 aromatic carbocycles. The van der Waals surface area contributed by atoms with E-state index >= 15 is 0 Å². The van der Waals surface area contributed by atoms with Gasteiger partial charge in [0.15, 0.2) is 0 Å². The molecule has 14 heteroatoms. The van der Waals surface area contributed by atoms with E-state index < -0.39 is 24.1 Å². The summed E-state index contributed by atoms with van der Waals surface area (Å²) in [4.78, 5) is 39.5. The molecule has 3 N–H and O–H groups in total. The summed E-state index contributed by atoms with van der Waals surface area (Å²) < 4.78 is 32.1. The number of aromatic amines is 1. The molecule has 1 aliphatic carbocycles. The van der Waals surface area contributed by atoms with E-state index in [1.807, 2.05) is 4.57 Å². The van der Waals surface area contributed by atoms with Crippen molar-refractivity contribution >= 4 is 34.5 Å². The van der Waals surface area contributed by atoms with Gasteiger partial charge in [-0.25, -0.2) is 14.8 Å². The third-order valence-corrected chi connectivity index (χ3v) is 7.32. The number of rotatable bonds is 9. The van der Waals surface area contributed by atoms with Crippen LogP contribution in [0.1, 0.15) is 39.5 Å². The van der Waals surface area contributed by atoms with Gasteiger partial charge in [-0.1, -0.05) is 36.5 Å². The zero-order valence-corrected chi connectivity index (χ0v) is 22.7.